The number of hydrogen-bond donors (Lipinski definition) is 0. The molecule has 0 radical (unpaired) electrons. The molecule has 3 aromatic rings. The Kier molecular flexibility index (Phi) is 6.94. The summed E-state index contributed by atoms with van der Waals surface area (Å²) in [6.45, 7) is 6.76. The first-order valence-corrected chi connectivity index (χ1v) is 13.0. The van der Waals surface area contributed by atoms with E-state index in [1.807, 2.05) is 24.3 Å². The minimum Gasteiger partial charge on any atom is -0.529 e. The largest absolute Gasteiger partial charge is 0.529 e. The van der Waals surface area contributed by atoms with Gasteiger partial charge in [-0.15, -0.1) is 0 Å². The van der Waals surface area contributed by atoms with E-state index in [2.05, 4.69) is 85.2 Å². The second-order valence-electron chi connectivity index (χ2n) is 8.23. The average molecular weight is 485 g/mol. The first-order valence-electron chi connectivity index (χ1n) is 9.98. The summed E-state index contributed by atoms with van der Waals surface area (Å²) in [5, 5.41) is 2.97. The van der Waals surface area contributed by atoms with Gasteiger partial charge in [0.15, 0.2) is 17.2 Å². The molecule has 0 saturated heterocycles. The zero-order chi connectivity index (χ0) is 21.8. The van der Waals surface area contributed by atoms with Crippen LogP contribution in [0.2, 0.25) is 5.04 Å². The summed E-state index contributed by atoms with van der Waals surface area (Å²) in [5.41, 5.74) is 1.07. The summed E-state index contributed by atoms with van der Waals surface area (Å²) in [4.78, 5) is 0. The van der Waals surface area contributed by atoms with Gasteiger partial charge in [-0.3, -0.25) is 0 Å². The van der Waals surface area contributed by atoms with Crippen molar-refractivity contribution in [3.8, 4) is 17.2 Å². The highest BCUT2D eigenvalue weighted by atomic mass is 79.9. The number of hydrogen-bond acceptors (Lipinski definition) is 3. The predicted octanol–water partition coefficient (Wildman–Crippen LogP) is 5.54. The van der Waals surface area contributed by atoms with Gasteiger partial charge in [0.05, 0.1) is 14.2 Å². The molecule has 3 aromatic carbocycles. The third-order valence-electron chi connectivity index (χ3n) is 5.35. The number of rotatable bonds is 7. The Morgan fingerprint density at radius 1 is 0.767 bits per heavy atom. The Morgan fingerprint density at radius 3 is 1.53 bits per heavy atom. The Labute approximate surface area is 189 Å². The van der Waals surface area contributed by atoms with Gasteiger partial charge in [-0.25, -0.2) is 0 Å². The second-order valence-corrected chi connectivity index (χ2v) is 13.0. The van der Waals surface area contributed by atoms with Gasteiger partial charge in [-0.2, -0.15) is 0 Å². The van der Waals surface area contributed by atoms with Gasteiger partial charge in [0.25, 0.3) is 0 Å². The van der Waals surface area contributed by atoms with Crippen molar-refractivity contribution < 1.29 is 13.9 Å². The molecule has 0 atom stereocenters. The lowest BCUT2D eigenvalue weighted by Crippen LogP contribution is -2.68. The molecule has 0 spiro atoms. The fourth-order valence-corrected chi connectivity index (χ4v) is 8.68. The van der Waals surface area contributed by atoms with E-state index in [4.69, 9.17) is 13.9 Å². The van der Waals surface area contributed by atoms with Crippen molar-refractivity contribution >= 4 is 34.6 Å². The molecular weight excluding hydrogens is 456 g/mol. The van der Waals surface area contributed by atoms with Crippen molar-refractivity contribution in [1.82, 2.24) is 0 Å². The van der Waals surface area contributed by atoms with Gasteiger partial charge in [0.1, 0.15) is 0 Å². The van der Waals surface area contributed by atoms with Crippen LogP contribution in [0.15, 0.2) is 72.8 Å². The zero-order valence-corrected chi connectivity index (χ0v) is 20.8. The van der Waals surface area contributed by atoms with Crippen LogP contribution in [-0.4, -0.2) is 22.5 Å². The molecule has 0 heterocycles. The molecule has 0 N–H and O–H groups in total. The molecule has 0 aliphatic heterocycles. The van der Waals surface area contributed by atoms with E-state index in [0.29, 0.717) is 22.6 Å². The lowest BCUT2D eigenvalue weighted by atomic mass is 10.2. The highest BCUT2D eigenvalue weighted by Gasteiger charge is 2.52. The van der Waals surface area contributed by atoms with Gasteiger partial charge in [-0.1, -0.05) is 97.4 Å². The van der Waals surface area contributed by atoms with Crippen LogP contribution in [-0.2, 0) is 5.33 Å². The molecule has 0 fully saturated rings. The van der Waals surface area contributed by atoms with Crippen molar-refractivity contribution in [3.63, 3.8) is 0 Å². The maximum absolute atomic E-state index is 7.16. The molecule has 3 nitrogen and oxygen atoms in total. The average Bonchev–Trinajstić information content (AvgIpc) is 2.77. The van der Waals surface area contributed by atoms with E-state index in [1.54, 1.807) is 14.2 Å². The van der Waals surface area contributed by atoms with Gasteiger partial charge < -0.3 is 13.9 Å². The van der Waals surface area contributed by atoms with Crippen LogP contribution in [0, 0.1) is 0 Å². The van der Waals surface area contributed by atoms with Crippen molar-refractivity contribution in [2.24, 2.45) is 0 Å². The molecule has 0 aliphatic rings. The summed E-state index contributed by atoms with van der Waals surface area (Å²) in [6.07, 6.45) is 0. The van der Waals surface area contributed by atoms with E-state index in [1.165, 1.54) is 10.4 Å². The Bertz CT molecular complexity index is 904. The van der Waals surface area contributed by atoms with E-state index in [0.717, 1.165) is 5.56 Å². The third kappa shape index (κ3) is 4.14. The highest BCUT2D eigenvalue weighted by molar-refractivity contribution is 9.08. The standard InChI is InChI=1S/C25H29BrO3Si/c1-25(2,3)30(20-12-8-6-9-13-20,21-14-10-7-11-15-21)29-24-22(27-4)16-19(18-26)17-23(24)28-5/h6-17H,18H2,1-5H3. The Morgan fingerprint density at radius 2 is 1.20 bits per heavy atom. The van der Waals surface area contributed by atoms with E-state index in [9.17, 15) is 0 Å². The first kappa shape index (κ1) is 22.4. The van der Waals surface area contributed by atoms with Crippen LogP contribution in [0.1, 0.15) is 26.3 Å². The van der Waals surface area contributed by atoms with Crippen LogP contribution in [0.3, 0.4) is 0 Å². The van der Waals surface area contributed by atoms with E-state index >= 15 is 0 Å². The molecule has 0 bridgehead atoms. The Balaban J connectivity index is 2.33. The van der Waals surface area contributed by atoms with Crippen LogP contribution >= 0.6 is 15.9 Å². The summed E-state index contributed by atoms with van der Waals surface area (Å²) >= 11 is 3.53. The zero-order valence-electron chi connectivity index (χ0n) is 18.2. The molecule has 0 unspecified atom stereocenters. The topological polar surface area (TPSA) is 27.7 Å². The SMILES string of the molecule is COc1cc(CBr)cc(OC)c1O[Si](c1ccccc1)(c1ccccc1)C(C)(C)C. The maximum atomic E-state index is 7.16. The molecule has 0 aromatic heterocycles. The first-order chi connectivity index (χ1) is 14.4. The van der Waals surface area contributed by atoms with Crippen molar-refractivity contribution in [3.05, 3.63) is 78.4 Å². The summed E-state index contributed by atoms with van der Waals surface area (Å²) in [6, 6.07) is 25.1. The summed E-state index contributed by atoms with van der Waals surface area (Å²) in [5.74, 6) is 2.01. The molecule has 5 heteroatoms. The summed E-state index contributed by atoms with van der Waals surface area (Å²) < 4.78 is 18.7. The second kappa shape index (κ2) is 9.27. The molecule has 0 aliphatic carbocycles. The minimum absolute atomic E-state index is 0.153. The number of benzene rings is 3. The molecule has 30 heavy (non-hydrogen) atoms. The smallest absolute Gasteiger partial charge is 0.320 e. The van der Waals surface area contributed by atoms with Gasteiger partial charge in [0, 0.05) is 5.33 Å². The number of ether oxygens (including phenoxy) is 2. The molecule has 0 amide bonds. The lowest BCUT2D eigenvalue weighted by Gasteiger charge is -2.43. The lowest BCUT2D eigenvalue weighted by molar-refractivity contribution is 0.356. The number of halogens is 1. The van der Waals surface area contributed by atoms with Crippen LogP contribution in [0.25, 0.3) is 0 Å². The fraction of sp³-hybridized carbons (Fsp3) is 0.280. The van der Waals surface area contributed by atoms with Crippen LogP contribution in [0.4, 0.5) is 0 Å². The van der Waals surface area contributed by atoms with E-state index in [-0.39, 0.29) is 5.04 Å². The Hall–Kier alpha value is -2.24. The fourth-order valence-electron chi connectivity index (χ4n) is 3.91. The van der Waals surface area contributed by atoms with Crippen molar-refractivity contribution in [2.45, 2.75) is 31.1 Å². The number of alkyl halides is 1. The number of methoxy groups -OCH3 is 2. The summed E-state index contributed by atoms with van der Waals surface area (Å²) in [7, 11) is 0.559. The van der Waals surface area contributed by atoms with Crippen LogP contribution in [0.5, 0.6) is 17.2 Å². The molecule has 158 valence electrons. The third-order valence-corrected chi connectivity index (χ3v) is 10.9. The quantitative estimate of drug-likeness (QED) is 0.325. The molecule has 3 rings (SSSR count). The van der Waals surface area contributed by atoms with Crippen molar-refractivity contribution in [1.29, 1.82) is 0 Å². The van der Waals surface area contributed by atoms with E-state index < -0.39 is 8.32 Å². The van der Waals surface area contributed by atoms with Crippen molar-refractivity contribution in [2.75, 3.05) is 14.2 Å². The van der Waals surface area contributed by atoms with Gasteiger partial charge >= 0.3 is 8.32 Å². The highest BCUT2D eigenvalue weighted by Crippen LogP contribution is 2.45. The van der Waals surface area contributed by atoms with Gasteiger partial charge in [-0.05, 0) is 33.1 Å². The van der Waals surface area contributed by atoms with Crippen LogP contribution < -0.4 is 24.3 Å². The molecular formula is C25H29BrO3Si. The normalized spacial score (nSPS) is 11.8. The van der Waals surface area contributed by atoms with Gasteiger partial charge in [0.2, 0.25) is 0 Å². The predicted molar refractivity (Wildman–Crippen MR) is 130 cm³/mol. The monoisotopic (exact) mass is 484 g/mol. The minimum atomic E-state index is -2.78. The molecule has 0 saturated carbocycles. The maximum Gasteiger partial charge on any atom is 0.320 e.